The number of likely N-dealkylation sites (tertiary alicyclic amines) is 2. The summed E-state index contributed by atoms with van der Waals surface area (Å²) in [6.45, 7) is 2.50. The number of pyridine rings is 1. The highest BCUT2D eigenvalue weighted by Gasteiger charge is 2.29. The predicted octanol–water partition coefficient (Wildman–Crippen LogP) is 2.51. The van der Waals surface area contributed by atoms with E-state index in [1.807, 2.05) is 12.1 Å². The lowest BCUT2D eigenvalue weighted by Gasteiger charge is -2.37. The highest BCUT2D eigenvalue weighted by molar-refractivity contribution is 5.67. The number of ether oxygens (including phenoxy) is 1. The summed E-state index contributed by atoms with van der Waals surface area (Å²) in [7, 11) is 0. The van der Waals surface area contributed by atoms with Gasteiger partial charge in [0.1, 0.15) is 13.3 Å². The molecule has 1 unspecified atom stereocenters. The fraction of sp³-hybridized carbons (Fsp3) is 0.684. The zero-order chi connectivity index (χ0) is 18.4. The fourth-order valence-electron chi connectivity index (χ4n) is 4.18. The molecular formula is C19H28FN3O3. The van der Waals surface area contributed by atoms with Crippen molar-refractivity contribution in [2.75, 3.05) is 39.5 Å². The normalized spacial score (nSPS) is 22.8. The number of nitrogens with zero attached hydrogens (tertiary/aromatic N) is 2. The largest absolute Gasteiger partial charge is 0.447 e. The van der Waals surface area contributed by atoms with E-state index in [-0.39, 0.29) is 12.2 Å². The SMILES string of the molecule is O=C(OCCF)N1CCCC(N2CCC(c3ccc[nH]c3=O)CC2)CC1. The Morgan fingerprint density at radius 1 is 1.19 bits per heavy atom. The number of piperidine rings is 1. The molecule has 7 heteroatoms. The standard InChI is InChI=1S/C19H28FN3O3/c20-8-14-26-19(25)23-10-2-3-16(7-13-23)22-11-5-15(6-12-22)17-4-1-9-21-18(17)24/h1,4,9,15-16H,2-3,5-8,10-14H2,(H,21,24). The number of aromatic amines is 1. The molecule has 0 aliphatic carbocycles. The monoisotopic (exact) mass is 365 g/mol. The maximum atomic E-state index is 12.2. The molecule has 1 aromatic heterocycles. The molecule has 2 aliphatic rings. The number of H-pyrrole nitrogens is 1. The van der Waals surface area contributed by atoms with Crippen LogP contribution in [0, 0.1) is 0 Å². The average Bonchev–Trinajstić information content (AvgIpc) is 2.93. The molecule has 3 heterocycles. The van der Waals surface area contributed by atoms with Crippen LogP contribution in [0.4, 0.5) is 9.18 Å². The van der Waals surface area contributed by atoms with E-state index in [9.17, 15) is 14.0 Å². The quantitative estimate of drug-likeness (QED) is 0.890. The first-order valence-electron chi connectivity index (χ1n) is 9.58. The Morgan fingerprint density at radius 3 is 2.73 bits per heavy atom. The molecule has 0 aromatic carbocycles. The molecule has 2 aliphatic heterocycles. The summed E-state index contributed by atoms with van der Waals surface area (Å²) >= 11 is 0. The summed E-state index contributed by atoms with van der Waals surface area (Å²) < 4.78 is 17.1. The van der Waals surface area contributed by atoms with Crippen molar-refractivity contribution in [3.8, 4) is 0 Å². The second-order valence-corrected chi connectivity index (χ2v) is 7.14. The molecule has 1 atom stereocenters. The third kappa shape index (κ3) is 4.63. The lowest BCUT2D eigenvalue weighted by atomic mass is 9.89. The third-order valence-electron chi connectivity index (χ3n) is 5.59. The lowest BCUT2D eigenvalue weighted by Crippen LogP contribution is -2.42. The summed E-state index contributed by atoms with van der Waals surface area (Å²) in [5.41, 5.74) is 0.928. The minimum Gasteiger partial charge on any atom is -0.447 e. The molecule has 0 radical (unpaired) electrons. The van der Waals surface area contributed by atoms with Crippen molar-refractivity contribution in [2.24, 2.45) is 0 Å². The number of halogens is 1. The topological polar surface area (TPSA) is 65.6 Å². The van der Waals surface area contributed by atoms with Crippen LogP contribution in [0.5, 0.6) is 0 Å². The van der Waals surface area contributed by atoms with Gasteiger partial charge in [0.05, 0.1) is 0 Å². The Hall–Kier alpha value is -1.89. The molecule has 1 N–H and O–H groups in total. The Balaban J connectivity index is 1.50. The van der Waals surface area contributed by atoms with E-state index in [1.54, 1.807) is 11.1 Å². The Bertz CT molecular complexity index is 643. The molecule has 1 amide bonds. The number of amides is 1. The lowest BCUT2D eigenvalue weighted by molar-refractivity contribution is 0.0951. The number of hydrogen-bond donors (Lipinski definition) is 1. The van der Waals surface area contributed by atoms with Crippen LogP contribution in [0.1, 0.15) is 43.6 Å². The van der Waals surface area contributed by atoms with Gasteiger partial charge in [0.25, 0.3) is 5.56 Å². The summed E-state index contributed by atoms with van der Waals surface area (Å²) in [5, 5.41) is 0. The number of alkyl halides is 1. The van der Waals surface area contributed by atoms with Crippen LogP contribution in [0.25, 0.3) is 0 Å². The van der Waals surface area contributed by atoms with E-state index in [0.717, 1.165) is 50.8 Å². The fourth-order valence-corrected chi connectivity index (χ4v) is 4.18. The van der Waals surface area contributed by atoms with Crippen LogP contribution >= 0.6 is 0 Å². The first-order valence-corrected chi connectivity index (χ1v) is 9.58. The van der Waals surface area contributed by atoms with E-state index in [0.29, 0.717) is 25.0 Å². The van der Waals surface area contributed by atoms with Gasteiger partial charge in [0.2, 0.25) is 0 Å². The van der Waals surface area contributed by atoms with Gasteiger partial charge in [-0.1, -0.05) is 6.07 Å². The molecule has 3 rings (SSSR count). The van der Waals surface area contributed by atoms with Gasteiger partial charge in [-0.25, -0.2) is 9.18 Å². The molecule has 144 valence electrons. The molecule has 0 spiro atoms. The Labute approximate surface area is 153 Å². The molecular weight excluding hydrogens is 337 g/mol. The van der Waals surface area contributed by atoms with Crippen LogP contribution in [0.3, 0.4) is 0 Å². The van der Waals surface area contributed by atoms with Crippen molar-refractivity contribution in [1.29, 1.82) is 0 Å². The number of hydrogen-bond acceptors (Lipinski definition) is 4. The minimum atomic E-state index is -0.638. The van der Waals surface area contributed by atoms with E-state index in [1.165, 1.54) is 0 Å². The van der Waals surface area contributed by atoms with Crippen molar-refractivity contribution in [3.05, 3.63) is 34.2 Å². The summed E-state index contributed by atoms with van der Waals surface area (Å²) in [5.74, 6) is 0.328. The molecule has 26 heavy (non-hydrogen) atoms. The van der Waals surface area contributed by atoms with Gasteiger partial charge in [-0.2, -0.15) is 0 Å². The molecule has 6 nitrogen and oxygen atoms in total. The van der Waals surface area contributed by atoms with Gasteiger partial charge >= 0.3 is 6.09 Å². The molecule has 1 aromatic rings. The van der Waals surface area contributed by atoms with Crippen molar-refractivity contribution in [3.63, 3.8) is 0 Å². The Kier molecular flexibility index (Phi) is 6.66. The second-order valence-electron chi connectivity index (χ2n) is 7.14. The van der Waals surface area contributed by atoms with Crippen molar-refractivity contribution in [1.82, 2.24) is 14.8 Å². The predicted molar refractivity (Wildman–Crippen MR) is 97.1 cm³/mol. The number of rotatable bonds is 4. The second kappa shape index (κ2) is 9.16. The maximum absolute atomic E-state index is 12.2. The molecule has 0 saturated carbocycles. The van der Waals surface area contributed by atoms with E-state index in [4.69, 9.17) is 4.74 Å². The van der Waals surface area contributed by atoms with Crippen LogP contribution in [0.2, 0.25) is 0 Å². The van der Waals surface area contributed by atoms with E-state index < -0.39 is 12.8 Å². The first-order chi connectivity index (χ1) is 12.7. The van der Waals surface area contributed by atoms with Crippen molar-refractivity contribution < 1.29 is 13.9 Å². The van der Waals surface area contributed by atoms with Crippen LogP contribution in [-0.4, -0.2) is 66.4 Å². The van der Waals surface area contributed by atoms with Crippen LogP contribution in [0.15, 0.2) is 23.1 Å². The zero-order valence-corrected chi connectivity index (χ0v) is 15.2. The Morgan fingerprint density at radius 2 is 2.00 bits per heavy atom. The van der Waals surface area contributed by atoms with Crippen LogP contribution < -0.4 is 5.56 Å². The number of carbonyl (C=O) groups is 1. The number of nitrogens with one attached hydrogen (secondary N) is 1. The highest BCUT2D eigenvalue weighted by Crippen LogP contribution is 2.29. The summed E-state index contributed by atoms with van der Waals surface area (Å²) in [4.78, 5) is 30.9. The van der Waals surface area contributed by atoms with Gasteiger partial charge in [0, 0.05) is 30.9 Å². The van der Waals surface area contributed by atoms with Crippen LogP contribution in [-0.2, 0) is 4.74 Å². The van der Waals surface area contributed by atoms with Gasteiger partial charge in [0.15, 0.2) is 0 Å². The minimum absolute atomic E-state index is 0.0304. The van der Waals surface area contributed by atoms with E-state index in [2.05, 4.69) is 9.88 Å². The van der Waals surface area contributed by atoms with Gasteiger partial charge in [-0.15, -0.1) is 0 Å². The van der Waals surface area contributed by atoms with Crippen molar-refractivity contribution in [2.45, 2.75) is 44.1 Å². The van der Waals surface area contributed by atoms with Gasteiger partial charge in [-0.05, 0) is 57.2 Å². The molecule has 2 saturated heterocycles. The van der Waals surface area contributed by atoms with Gasteiger partial charge in [-0.3, -0.25) is 4.79 Å². The average molecular weight is 365 g/mol. The van der Waals surface area contributed by atoms with E-state index >= 15 is 0 Å². The summed E-state index contributed by atoms with van der Waals surface area (Å²) in [6, 6.07) is 4.29. The molecule has 2 fully saturated rings. The van der Waals surface area contributed by atoms with Gasteiger partial charge < -0.3 is 19.5 Å². The van der Waals surface area contributed by atoms with Crippen molar-refractivity contribution >= 4 is 6.09 Å². The highest BCUT2D eigenvalue weighted by atomic mass is 19.1. The summed E-state index contributed by atoms with van der Waals surface area (Å²) in [6.07, 6.45) is 6.18. The third-order valence-corrected chi connectivity index (χ3v) is 5.59. The smallest absolute Gasteiger partial charge is 0.409 e. The molecule has 0 bridgehead atoms. The number of carbonyl (C=O) groups excluding carboxylic acids is 1. The maximum Gasteiger partial charge on any atom is 0.409 e. The first kappa shape index (κ1) is 18.9. The zero-order valence-electron chi connectivity index (χ0n) is 15.2. The number of aromatic nitrogens is 1.